The number of anilines is 1. The zero-order valence-electron chi connectivity index (χ0n) is 24.8. The summed E-state index contributed by atoms with van der Waals surface area (Å²) in [6.07, 6.45) is -0.560. The average molecular weight is 656 g/mol. The number of rotatable bonds is 7. The molecular weight excluding hydrogens is 622 g/mol. The smallest absolute Gasteiger partial charge is 0.408 e. The molecule has 2 saturated heterocycles. The number of aryl methyl sites for hydroxylation is 1. The Labute approximate surface area is 266 Å². The van der Waals surface area contributed by atoms with Crippen LogP contribution in [0.2, 0.25) is 5.02 Å². The summed E-state index contributed by atoms with van der Waals surface area (Å²) in [6, 6.07) is 20.4. The maximum atomic E-state index is 13.8. The molecular formula is C32H34ClN3O6S2. The summed E-state index contributed by atoms with van der Waals surface area (Å²) in [7, 11) is -3.33. The van der Waals surface area contributed by atoms with Gasteiger partial charge in [0.15, 0.2) is 20.8 Å². The van der Waals surface area contributed by atoms with Crippen molar-refractivity contribution in [1.82, 2.24) is 5.32 Å². The molecule has 3 atom stereocenters. The van der Waals surface area contributed by atoms with Crippen molar-refractivity contribution in [1.29, 1.82) is 0 Å². The third-order valence-electron chi connectivity index (χ3n) is 6.94. The van der Waals surface area contributed by atoms with Crippen LogP contribution >= 0.6 is 23.4 Å². The second-order valence-corrected chi connectivity index (χ2v) is 15.6. The van der Waals surface area contributed by atoms with Crippen LogP contribution in [0, 0.1) is 6.92 Å². The number of aliphatic imine (C=N–C) groups is 1. The van der Waals surface area contributed by atoms with Crippen molar-refractivity contribution in [2.45, 2.75) is 57.1 Å². The Bertz CT molecular complexity index is 1690. The number of fused-ring (bicyclic) bond motifs is 1. The Balaban J connectivity index is 1.53. The van der Waals surface area contributed by atoms with E-state index in [1.807, 2.05) is 61.5 Å². The largest absolute Gasteiger partial charge is 0.455 e. The summed E-state index contributed by atoms with van der Waals surface area (Å²) in [6.45, 7) is 7.17. The summed E-state index contributed by atoms with van der Waals surface area (Å²) in [5.41, 5.74) is 1.55. The van der Waals surface area contributed by atoms with Crippen molar-refractivity contribution in [3.8, 4) is 11.5 Å². The first-order chi connectivity index (χ1) is 20.8. The van der Waals surface area contributed by atoms with Crippen molar-refractivity contribution in [2.75, 3.05) is 16.4 Å². The normalized spacial score (nSPS) is 20.7. The minimum Gasteiger partial charge on any atom is -0.455 e. The lowest BCUT2D eigenvalue weighted by Gasteiger charge is -2.27. The number of hydrogen-bond acceptors (Lipinski definition) is 7. The highest BCUT2D eigenvalue weighted by Crippen LogP contribution is 2.45. The first-order valence-corrected chi connectivity index (χ1v) is 17.2. The Kier molecular flexibility index (Phi) is 9.29. The summed E-state index contributed by atoms with van der Waals surface area (Å²) in [5, 5.41) is 3.04. The molecule has 0 aliphatic carbocycles. The SMILES string of the molecule is Cc1cccc(Oc2ccc(Cl)cc2N2C(=NC(=O)[C@H](Cc3ccccc3)NC(=O)OC(C)(C)C)S[C@H]3CS(=O)(=O)C[C@@H]32)c1. The standard InChI is InChI=1S/C32H34ClN3O6S2/c1-20-9-8-12-23(15-20)41-27-14-13-22(33)17-25(27)36-26-18-44(39,40)19-28(26)43-30(36)35-29(37)24(16-21-10-6-5-7-11-21)34-31(38)42-32(2,3)4/h5-15,17,24,26,28H,16,18-19H2,1-4H3,(H,34,38)/t24-,26-,28-/m0/s1. The van der Waals surface area contributed by atoms with Crippen LogP contribution in [0.1, 0.15) is 31.9 Å². The molecule has 5 rings (SSSR count). The van der Waals surface area contributed by atoms with Gasteiger partial charge in [0.05, 0.1) is 23.2 Å². The van der Waals surface area contributed by atoms with Gasteiger partial charge in [0.25, 0.3) is 5.91 Å². The molecule has 0 unspecified atom stereocenters. The topological polar surface area (TPSA) is 114 Å². The van der Waals surface area contributed by atoms with Gasteiger partial charge in [-0.25, -0.2) is 13.2 Å². The maximum absolute atomic E-state index is 13.8. The second-order valence-electron chi connectivity index (χ2n) is 11.8. The summed E-state index contributed by atoms with van der Waals surface area (Å²) < 4.78 is 37.1. The van der Waals surface area contributed by atoms with E-state index in [2.05, 4.69) is 10.3 Å². The number of halogens is 1. The molecule has 0 bridgehead atoms. The van der Waals surface area contributed by atoms with Gasteiger partial charge in [-0.2, -0.15) is 4.99 Å². The van der Waals surface area contributed by atoms with E-state index in [4.69, 9.17) is 21.1 Å². The zero-order chi connectivity index (χ0) is 31.6. The number of nitrogens with one attached hydrogen (secondary N) is 1. The molecule has 0 aromatic heterocycles. The van der Waals surface area contributed by atoms with Crippen molar-refractivity contribution < 1.29 is 27.5 Å². The Morgan fingerprint density at radius 3 is 2.52 bits per heavy atom. The van der Waals surface area contributed by atoms with Gasteiger partial charge in [0, 0.05) is 16.7 Å². The van der Waals surface area contributed by atoms with E-state index in [-0.39, 0.29) is 23.2 Å². The quantitative estimate of drug-likeness (QED) is 0.321. The average Bonchev–Trinajstić information content (AvgIpc) is 3.39. The summed E-state index contributed by atoms with van der Waals surface area (Å²) >= 11 is 7.68. The minimum atomic E-state index is -3.33. The fourth-order valence-corrected chi connectivity index (χ4v) is 9.17. The third kappa shape index (κ3) is 7.94. The van der Waals surface area contributed by atoms with Gasteiger partial charge in [-0.1, -0.05) is 65.8 Å². The molecule has 2 heterocycles. The van der Waals surface area contributed by atoms with Gasteiger partial charge >= 0.3 is 6.09 Å². The number of amides is 2. The predicted octanol–water partition coefficient (Wildman–Crippen LogP) is 6.18. The molecule has 0 spiro atoms. The third-order valence-corrected chi connectivity index (χ3v) is 10.4. The molecule has 232 valence electrons. The summed E-state index contributed by atoms with van der Waals surface area (Å²) in [5.74, 6) is 0.258. The number of nitrogens with zero attached hydrogens (tertiary/aromatic N) is 2. The van der Waals surface area contributed by atoms with E-state index in [1.54, 1.807) is 43.9 Å². The monoisotopic (exact) mass is 655 g/mol. The number of alkyl carbamates (subject to hydrolysis) is 1. The summed E-state index contributed by atoms with van der Waals surface area (Å²) in [4.78, 5) is 32.8. The first kappa shape index (κ1) is 31.9. The molecule has 2 aliphatic rings. The molecule has 0 saturated carbocycles. The van der Waals surface area contributed by atoms with Crippen molar-refractivity contribution in [3.63, 3.8) is 0 Å². The van der Waals surface area contributed by atoms with Gasteiger partial charge in [-0.3, -0.25) is 4.79 Å². The molecule has 12 heteroatoms. The van der Waals surface area contributed by atoms with Crippen LogP contribution in [0.25, 0.3) is 0 Å². The van der Waals surface area contributed by atoms with Crippen LogP contribution in [0.3, 0.4) is 0 Å². The number of hydrogen-bond donors (Lipinski definition) is 1. The highest BCUT2D eigenvalue weighted by atomic mass is 35.5. The molecule has 3 aromatic carbocycles. The van der Waals surface area contributed by atoms with E-state index in [0.717, 1.165) is 11.1 Å². The van der Waals surface area contributed by atoms with Crippen molar-refractivity contribution in [2.24, 2.45) is 4.99 Å². The van der Waals surface area contributed by atoms with Crippen LogP contribution in [-0.2, 0) is 25.8 Å². The van der Waals surface area contributed by atoms with E-state index in [0.29, 0.717) is 27.4 Å². The fraction of sp³-hybridized carbons (Fsp3) is 0.344. The molecule has 9 nitrogen and oxygen atoms in total. The van der Waals surface area contributed by atoms with Crippen LogP contribution < -0.4 is 15.0 Å². The van der Waals surface area contributed by atoms with E-state index in [9.17, 15) is 18.0 Å². The lowest BCUT2D eigenvalue weighted by molar-refractivity contribution is -0.119. The molecule has 44 heavy (non-hydrogen) atoms. The number of sulfone groups is 1. The van der Waals surface area contributed by atoms with Gasteiger partial charge in [0.2, 0.25) is 0 Å². The molecule has 2 fully saturated rings. The van der Waals surface area contributed by atoms with Gasteiger partial charge < -0.3 is 19.7 Å². The molecule has 2 aliphatic heterocycles. The Hall–Kier alpha value is -3.54. The van der Waals surface area contributed by atoms with E-state index >= 15 is 0 Å². The Morgan fingerprint density at radius 2 is 1.82 bits per heavy atom. The molecule has 0 radical (unpaired) electrons. The van der Waals surface area contributed by atoms with E-state index < -0.39 is 39.5 Å². The highest BCUT2D eigenvalue weighted by molar-refractivity contribution is 8.16. The lowest BCUT2D eigenvalue weighted by Crippen LogP contribution is -2.45. The highest BCUT2D eigenvalue weighted by Gasteiger charge is 2.50. The van der Waals surface area contributed by atoms with Gasteiger partial charge in [-0.15, -0.1) is 0 Å². The second kappa shape index (κ2) is 12.8. The lowest BCUT2D eigenvalue weighted by atomic mass is 10.1. The van der Waals surface area contributed by atoms with Crippen LogP contribution in [0.5, 0.6) is 11.5 Å². The Morgan fingerprint density at radius 1 is 1.07 bits per heavy atom. The molecule has 1 N–H and O–H groups in total. The number of carbonyl (C=O) groups is 2. The van der Waals surface area contributed by atoms with Crippen molar-refractivity contribution in [3.05, 3.63) is 88.9 Å². The number of benzene rings is 3. The maximum Gasteiger partial charge on any atom is 0.408 e. The number of carbonyl (C=O) groups excluding carboxylic acids is 2. The van der Waals surface area contributed by atoms with Crippen LogP contribution in [0.15, 0.2) is 77.8 Å². The fourth-order valence-electron chi connectivity index (χ4n) is 5.09. The van der Waals surface area contributed by atoms with Crippen LogP contribution in [0.4, 0.5) is 10.5 Å². The minimum absolute atomic E-state index is 0.0513. The number of thioether (sulfide) groups is 1. The van der Waals surface area contributed by atoms with Gasteiger partial charge in [-0.05, 0) is 69.2 Å². The first-order valence-electron chi connectivity index (χ1n) is 14.1. The molecule has 3 aromatic rings. The van der Waals surface area contributed by atoms with Gasteiger partial charge in [0.1, 0.15) is 17.4 Å². The number of amidine groups is 1. The number of ether oxygens (including phenoxy) is 2. The van der Waals surface area contributed by atoms with Crippen LogP contribution in [-0.4, -0.2) is 60.0 Å². The molecule has 2 amide bonds. The zero-order valence-corrected chi connectivity index (χ0v) is 27.2. The predicted molar refractivity (Wildman–Crippen MR) is 175 cm³/mol. The van der Waals surface area contributed by atoms with E-state index in [1.165, 1.54) is 11.8 Å². The van der Waals surface area contributed by atoms with Crippen molar-refractivity contribution >= 4 is 56.1 Å².